The van der Waals surface area contributed by atoms with Gasteiger partial charge >= 0.3 is 0 Å². The summed E-state index contributed by atoms with van der Waals surface area (Å²) in [6.07, 6.45) is 1.15. The molecule has 6 rings (SSSR count). The molecule has 1 atom stereocenters. The molecule has 0 aliphatic carbocycles. The molecule has 146 valence electrons. The summed E-state index contributed by atoms with van der Waals surface area (Å²) in [5.41, 5.74) is 7.98. The van der Waals surface area contributed by atoms with Gasteiger partial charge in [0.15, 0.2) is 0 Å². The van der Waals surface area contributed by atoms with E-state index in [0.29, 0.717) is 5.92 Å². The third-order valence-corrected chi connectivity index (χ3v) is 6.52. The van der Waals surface area contributed by atoms with Gasteiger partial charge in [-0.15, -0.1) is 0 Å². The van der Waals surface area contributed by atoms with Crippen LogP contribution in [-0.2, 0) is 0 Å². The van der Waals surface area contributed by atoms with Gasteiger partial charge in [-0.1, -0.05) is 62.4 Å². The van der Waals surface area contributed by atoms with Crippen molar-refractivity contribution < 1.29 is 4.42 Å². The quantitative estimate of drug-likeness (QED) is 0.323. The second kappa shape index (κ2) is 6.50. The number of hydrogen-bond acceptors (Lipinski definition) is 1. The van der Waals surface area contributed by atoms with Gasteiger partial charge in [-0.3, -0.25) is 0 Å². The fourth-order valence-corrected chi connectivity index (χ4v) is 4.60. The van der Waals surface area contributed by atoms with E-state index in [1.54, 1.807) is 0 Å². The predicted octanol–water partition coefficient (Wildman–Crippen LogP) is 8.40. The van der Waals surface area contributed by atoms with E-state index >= 15 is 0 Å². The van der Waals surface area contributed by atoms with Crippen molar-refractivity contribution in [3.63, 3.8) is 0 Å². The number of para-hydroxylation sites is 2. The number of benzene rings is 4. The van der Waals surface area contributed by atoms with Gasteiger partial charge in [0.1, 0.15) is 11.2 Å². The maximum absolute atomic E-state index is 6.28. The number of rotatable bonds is 3. The van der Waals surface area contributed by atoms with E-state index in [0.717, 1.165) is 23.2 Å². The van der Waals surface area contributed by atoms with Gasteiger partial charge in [0.2, 0.25) is 0 Å². The maximum Gasteiger partial charge on any atom is 0.143 e. The van der Waals surface area contributed by atoms with Gasteiger partial charge in [0, 0.05) is 38.1 Å². The van der Waals surface area contributed by atoms with Crippen LogP contribution in [0.15, 0.2) is 83.3 Å². The Bertz CT molecular complexity index is 1550. The molecule has 0 aliphatic heterocycles. The van der Waals surface area contributed by atoms with Crippen LogP contribution >= 0.6 is 0 Å². The molecule has 0 aliphatic rings. The Balaban J connectivity index is 1.60. The van der Waals surface area contributed by atoms with E-state index < -0.39 is 0 Å². The molecular weight excluding hydrogens is 366 g/mol. The van der Waals surface area contributed by atoms with Gasteiger partial charge < -0.3 is 9.40 Å². The van der Waals surface area contributed by atoms with Gasteiger partial charge in [0.05, 0.1) is 0 Å². The third kappa shape index (κ3) is 2.50. The number of fused-ring (bicyclic) bond motifs is 6. The highest BCUT2D eigenvalue weighted by molar-refractivity contribution is 6.12. The lowest BCUT2D eigenvalue weighted by atomic mass is 9.96. The van der Waals surface area contributed by atoms with Crippen LogP contribution < -0.4 is 0 Å². The summed E-state index contributed by atoms with van der Waals surface area (Å²) in [5.74, 6) is 0.562. The minimum absolute atomic E-state index is 0.562. The SMILES string of the molecule is CCC(C)c1ccc2[nH]c3ccc(-c4cccc5c4oc4ccccc45)cc3c2c1. The topological polar surface area (TPSA) is 28.9 Å². The fraction of sp³-hybridized carbons (Fsp3) is 0.143. The summed E-state index contributed by atoms with van der Waals surface area (Å²) >= 11 is 0. The van der Waals surface area contributed by atoms with E-state index in [9.17, 15) is 0 Å². The van der Waals surface area contributed by atoms with E-state index in [4.69, 9.17) is 4.42 Å². The molecule has 0 radical (unpaired) electrons. The number of hydrogen-bond donors (Lipinski definition) is 1. The minimum Gasteiger partial charge on any atom is -0.455 e. The molecule has 2 heteroatoms. The number of nitrogens with one attached hydrogen (secondary N) is 1. The first kappa shape index (κ1) is 17.3. The molecule has 30 heavy (non-hydrogen) atoms. The molecule has 6 aromatic rings. The molecule has 0 amide bonds. The summed E-state index contributed by atoms with van der Waals surface area (Å²) in [4.78, 5) is 3.58. The fourth-order valence-electron chi connectivity index (χ4n) is 4.60. The monoisotopic (exact) mass is 389 g/mol. The second-order valence-electron chi connectivity index (χ2n) is 8.28. The highest BCUT2D eigenvalue weighted by atomic mass is 16.3. The van der Waals surface area contributed by atoms with Crippen molar-refractivity contribution >= 4 is 43.7 Å². The van der Waals surface area contributed by atoms with Crippen LogP contribution in [0, 0.1) is 0 Å². The summed E-state index contributed by atoms with van der Waals surface area (Å²) in [5, 5.41) is 4.89. The molecule has 2 nitrogen and oxygen atoms in total. The highest BCUT2D eigenvalue weighted by Gasteiger charge is 2.14. The zero-order chi connectivity index (χ0) is 20.2. The Kier molecular flexibility index (Phi) is 3.76. The molecule has 0 spiro atoms. The van der Waals surface area contributed by atoms with Crippen LogP contribution in [0.3, 0.4) is 0 Å². The van der Waals surface area contributed by atoms with Crippen molar-refractivity contribution in [2.24, 2.45) is 0 Å². The Hall–Kier alpha value is -3.52. The van der Waals surface area contributed by atoms with Crippen molar-refractivity contribution in [3.05, 3.63) is 84.4 Å². The summed E-state index contributed by atoms with van der Waals surface area (Å²) in [7, 11) is 0. The first-order valence-electron chi connectivity index (χ1n) is 10.7. The van der Waals surface area contributed by atoms with Gasteiger partial charge in [-0.2, -0.15) is 0 Å². The van der Waals surface area contributed by atoms with E-state index in [-0.39, 0.29) is 0 Å². The largest absolute Gasteiger partial charge is 0.455 e. The molecule has 1 N–H and O–H groups in total. The van der Waals surface area contributed by atoms with Crippen molar-refractivity contribution in [2.75, 3.05) is 0 Å². The van der Waals surface area contributed by atoms with Gasteiger partial charge in [0.25, 0.3) is 0 Å². The molecule has 0 saturated carbocycles. The van der Waals surface area contributed by atoms with Crippen LogP contribution in [0.2, 0.25) is 0 Å². The minimum atomic E-state index is 0.562. The number of H-pyrrole nitrogens is 1. The Morgan fingerprint density at radius 2 is 1.53 bits per heavy atom. The number of furan rings is 1. The average molecular weight is 389 g/mol. The molecule has 1 unspecified atom stereocenters. The van der Waals surface area contributed by atoms with E-state index in [1.807, 2.05) is 12.1 Å². The zero-order valence-corrected chi connectivity index (χ0v) is 17.2. The number of aromatic nitrogens is 1. The van der Waals surface area contributed by atoms with Crippen molar-refractivity contribution in [2.45, 2.75) is 26.2 Å². The van der Waals surface area contributed by atoms with Gasteiger partial charge in [-0.05, 0) is 53.8 Å². The summed E-state index contributed by atoms with van der Waals surface area (Å²) in [6.45, 7) is 4.54. The number of aromatic amines is 1. The van der Waals surface area contributed by atoms with Crippen molar-refractivity contribution in [3.8, 4) is 11.1 Å². The lowest BCUT2D eigenvalue weighted by Crippen LogP contribution is -1.90. The van der Waals surface area contributed by atoms with Crippen LogP contribution in [0.5, 0.6) is 0 Å². The lowest BCUT2D eigenvalue weighted by molar-refractivity contribution is 0.670. The normalized spacial score (nSPS) is 13.0. The zero-order valence-electron chi connectivity index (χ0n) is 17.2. The molecule has 0 fully saturated rings. The summed E-state index contributed by atoms with van der Waals surface area (Å²) in [6, 6.07) is 28.2. The smallest absolute Gasteiger partial charge is 0.143 e. The van der Waals surface area contributed by atoms with E-state index in [1.165, 1.54) is 43.7 Å². The van der Waals surface area contributed by atoms with Crippen LogP contribution in [0.25, 0.3) is 54.9 Å². The Morgan fingerprint density at radius 3 is 2.40 bits per heavy atom. The van der Waals surface area contributed by atoms with Crippen LogP contribution in [0.4, 0.5) is 0 Å². The first-order valence-corrected chi connectivity index (χ1v) is 10.7. The molecule has 4 aromatic carbocycles. The summed E-state index contributed by atoms with van der Waals surface area (Å²) < 4.78 is 6.28. The van der Waals surface area contributed by atoms with Crippen molar-refractivity contribution in [1.82, 2.24) is 4.98 Å². The van der Waals surface area contributed by atoms with Crippen molar-refractivity contribution in [1.29, 1.82) is 0 Å². The Labute approximate surface area is 175 Å². The molecular formula is C28H23NO. The second-order valence-corrected chi connectivity index (χ2v) is 8.28. The molecule has 2 heterocycles. The highest BCUT2D eigenvalue weighted by Crippen LogP contribution is 2.38. The van der Waals surface area contributed by atoms with Crippen LogP contribution in [-0.4, -0.2) is 4.98 Å². The first-order chi connectivity index (χ1) is 14.7. The predicted molar refractivity (Wildman–Crippen MR) is 127 cm³/mol. The van der Waals surface area contributed by atoms with E-state index in [2.05, 4.69) is 85.6 Å². The van der Waals surface area contributed by atoms with Gasteiger partial charge in [-0.25, -0.2) is 0 Å². The maximum atomic E-state index is 6.28. The molecule has 2 aromatic heterocycles. The standard InChI is InChI=1S/C28H23NO/c1-3-17(2)18-11-13-25-23(15-18)24-16-19(12-14-26(24)29-25)20-8-6-9-22-21-7-4-5-10-27(21)30-28(20)22/h4-17,29H,3H2,1-2H3. The Morgan fingerprint density at radius 1 is 0.767 bits per heavy atom. The molecule has 0 saturated heterocycles. The average Bonchev–Trinajstić information content (AvgIpc) is 3.35. The van der Waals surface area contributed by atoms with Crippen LogP contribution in [0.1, 0.15) is 31.7 Å². The third-order valence-electron chi connectivity index (χ3n) is 6.52. The molecule has 0 bridgehead atoms. The lowest BCUT2D eigenvalue weighted by Gasteiger charge is -2.08.